The number of carboxylic acid groups (broad SMARTS) is 1. The third kappa shape index (κ3) is 3.70. The van der Waals surface area contributed by atoms with Gasteiger partial charge in [0.1, 0.15) is 23.1 Å². The fourth-order valence-corrected chi connectivity index (χ4v) is 2.44. The minimum Gasteiger partial charge on any atom is -0.480 e. The van der Waals surface area contributed by atoms with Gasteiger partial charge in [0.05, 0.1) is 11.9 Å². The van der Waals surface area contributed by atoms with Crippen molar-refractivity contribution < 1.29 is 18.7 Å². The highest BCUT2D eigenvalue weighted by molar-refractivity contribution is 6.33. The van der Waals surface area contributed by atoms with Gasteiger partial charge in [-0.1, -0.05) is 18.5 Å². The molecule has 1 aromatic heterocycles. The molecule has 0 aliphatic heterocycles. The maximum Gasteiger partial charge on any atom is 0.323 e. The average molecular weight is 358 g/mol. The van der Waals surface area contributed by atoms with Gasteiger partial charge in [0, 0.05) is 12.6 Å². The Morgan fingerprint density at radius 3 is 2.71 bits per heavy atom. The van der Waals surface area contributed by atoms with Crippen LogP contribution in [0.4, 0.5) is 14.5 Å². The number of benzene rings is 1. The van der Waals surface area contributed by atoms with Crippen LogP contribution >= 0.6 is 11.6 Å². The Kier molecular flexibility index (Phi) is 5.50. The van der Waals surface area contributed by atoms with Gasteiger partial charge in [-0.2, -0.15) is 9.78 Å². The summed E-state index contributed by atoms with van der Waals surface area (Å²) in [4.78, 5) is 24.7. The first-order chi connectivity index (χ1) is 11.3. The van der Waals surface area contributed by atoms with Gasteiger partial charge in [0.15, 0.2) is 5.82 Å². The molecule has 2 rings (SSSR count). The summed E-state index contributed by atoms with van der Waals surface area (Å²) in [5, 5.41) is 12.5. The van der Waals surface area contributed by atoms with E-state index in [0.29, 0.717) is 23.7 Å². The zero-order valence-electron chi connectivity index (χ0n) is 12.7. The van der Waals surface area contributed by atoms with Crippen molar-refractivity contribution in [2.75, 3.05) is 18.0 Å². The van der Waals surface area contributed by atoms with Crippen molar-refractivity contribution in [3.05, 3.63) is 51.4 Å². The smallest absolute Gasteiger partial charge is 0.323 e. The molecule has 1 heterocycles. The molecular weight excluding hydrogens is 344 g/mol. The van der Waals surface area contributed by atoms with Gasteiger partial charge in [-0.15, -0.1) is 0 Å². The number of anilines is 1. The summed E-state index contributed by atoms with van der Waals surface area (Å²) < 4.78 is 27.5. The number of hydrogen-bond acceptors (Lipinski definition) is 4. The van der Waals surface area contributed by atoms with Crippen molar-refractivity contribution in [2.24, 2.45) is 0 Å². The molecule has 1 aromatic carbocycles. The molecule has 0 saturated carbocycles. The first kappa shape index (κ1) is 17.9. The van der Waals surface area contributed by atoms with Crippen LogP contribution in [0, 0.1) is 11.6 Å². The molecule has 0 saturated heterocycles. The molecule has 0 amide bonds. The molecule has 9 heteroatoms. The Balaban J connectivity index is 2.51. The van der Waals surface area contributed by atoms with Crippen LogP contribution in [-0.4, -0.2) is 33.9 Å². The molecule has 0 atom stereocenters. The van der Waals surface area contributed by atoms with E-state index in [0.717, 1.165) is 12.1 Å². The van der Waals surface area contributed by atoms with E-state index in [4.69, 9.17) is 16.7 Å². The number of carboxylic acids is 1. The van der Waals surface area contributed by atoms with E-state index in [-0.39, 0.29) is 22.9 Å². The van der Waals surface area contributed by atoms with Gasteiger partial charge in [-0.3, -0.25) is 9.59 Å². The van der Waals surface area contributed by atoms with Crippen molar-refractivity contribution in [3.63, 3.8) is 0 Å². The fourth-order valence-electron chi connectivity index (χ4n) is 2.19. The number of rotatable bonds is 6. The number of hydrogen-bond donors (Lipinski definition) is 1. The summed E-state index contributed by atoms with van der Waals surface area (Å²) >= 11 is 6.04. The summed E-state index contributed by atoms with van der Waals surface area (Å²) in [5.74, 6) is -2.85. The Hall–Kier alpha value is -2.48. The molecule has 0 bridgehead atoms. The van der Waals surface area contributed by atoms with Crippen LogP contribution in [0.2, 0.25) is 5.02 Å². The van der Waals surface area contributed by atoms with Gasteiger partial charge in [0.2, 0.25) is 0 Å². The van der Waals surface area contributed by atoms with E-state index < -0.39 is 23.2 Å². The highest BCUT2D eigenvalue weighted by atomic mass is 35.5. The third-order valence-electron chi connectivity index (χ3n) is 3.20. The van der Waals surface area contributed by atoms with Crippen molar-refractivity contribution in [3.8, 4) is 5.69 Å². The van der Waals surface area contributed by atoms with Gasteiger partial charge < -0.3 is 10.0 Å². The molecule has 0 spiro atoms. The zero-order chi connectivity index (χ0) is 17.9. The fraction of sp³-hybridized carbons (Fsp3) is 0.267. The predicted octanol–water partition coefficient (Wildman–Crippen LogP) is 2.47. The maximum absolute atomic E-state index is 13.8. The Morgan fingerprint density at radius 1 is 1.42 bits per heavy atom. The zero-order valence-corrected chi connectivity index (χ0v) is 13.4. The van der Waals surface area contributed by atoms with Crippen molar-refractivity contribution in [1.82, 2.24) is 9.78 Å². The molecule has 0 unspecified atom stereocenters. The van der Waals surface area contributed by atoms with Gasteiger partial charge >= 0.3 is 5.97 Å². The van der Waals surface area contributed by atoms with Crippen molar-refractivity contribution in [2.45, 2.75) is 13.3 Å². The first-order valence-corrected chi connectivity index (χ1v) is 7.43. The molecule has 2 aromatic rings. The monoisotopic (exact) mass is 357 g/mol. The van der Waals surface area contributed by atoms with Crippen LogP contribution in [-0.2, 0) is 4.79 Å². The van der Waals surface area contributed by atoms with E-state index in [1.165, 1.54) is 11.1 Å². The standard InChI is InChI=1S/C15H14ClF2N3O3/c1-2-5-20(8-13(22)23)12-7-19-21(15(24)14(12)16)11-4-3-9(17)6-10(11)18/h3-4,6-7H,2,5,8H2,1H3,(H,22,23). The van der Waals surface area contributed by atoms with Crippen LogP contribution in [0.25, 0.3) is 5.69 Å². The lowest BCUT2D eigenvalue weighted by atomic mass is 10.3. The molecule has 1 N–H and O–H groups in total. The lowest BCUT2D eigenvalue weighted by molar-refractivity contribution is -0.135. The van der Waals surface area contributed by atoms with Gasteiger partial charge in [-0.05, 0) is 18.6 Å². The first-order valence-electron chi connectivity index (χ1n) is 7.05. The predicted molar refractivity (Wildman–Crippen MR) is 84.9 cm³/mol. The number of aliphatic carboxylic acids is 1. The van der Waals surface area contributed by atoms with Gasteiger partial charge in [0.25, 0.3) is 5.56 Å². The molecule has 128 valence electrons. The maximum atomic E-state index is 13.8. The molecule has 0 fully saturated rings. The van der Waals surface area contributed by atoms with Gasteiger partial charge in [-0.25, -0.2) is 8.78 Å². The van der Waals surface area contributed by atoms with E-state index in [9.17, 15) is 18.4 Å². The van der Waals surface area contributed by atoms with E-state index in [1.807, 2.05) is 6.92 Å². The Bertz CT molecular complexity index is 826. The molecule has 6 nitrogen and oxygen atoms in total. The molecular formula is C15H14ClF2N3O3. The molecule has 0 aliphatic rings. The van der Waals surface area contributed by atoms with Crippen LogP contribution in [0.1, 0.15) is 13.3 Å². The summed E-state index contributed by atoms with van der Waals surface area (Å²) in [6.45, 7) is 1.83. The largest absolute Gasteiger partial charge is 0.480 e. The topological polar surface area (TPSA) is 75.4 Å². The van der Waals surface area contributed by atoms with E-state index >= 15 is 0 Å². The second-order valence-electron chi connectivity index (χ2n) is 4.97. The lowest BCUT2D eigenvalue weighted by Crippen LogP contribution is -2.33. The van der Waals surface area contributed by atoms with Crippen molar-refractivity contribution >= 4 is 23.3 Å². The quantitative estimate of drug-likeness (QED) is 0.859. The molecule has 24 heavy (non-hydrogen) atoms. The van der Waals surface area contributed by atoms with Crippen LogP contribution in [0.3, 0.4) is 0 Å². The number of aromatic nitrogens is 2. The minimum atomic E-state index is -1.09. The van der Waals surface area contributed by atoms with E-state index in [1.54, 1.807) is 0 Å². The van der Waals surface area contributed by atoms with Crippen LogP contribution in [0.15, 0.2) is 29.2 Å². The van der Waals surface area contributed by atoms with Crippen LogP contribution < -0.4 is 10.5 Å². The number of halogens is 3. The van der Waals surface area contributed by atoms with Crippen molar-refractivity contribution in [1.29, 1.82) is 0 Å². The minimum absolute atomic E-state index is 0.143. The van der Waals surface area contributed by atoms with E-state index in [2.05, 4.69) is 5.10 Å². The summed E-state index contributed by atoms with van der Waals surface area (Å²) in [7, 11) is 0. The SMILES string of the molecule is CCCN(CC(=O)O)c1cnn(-c2ccc(F)cc2F)c(=O)c1Cl. The average Bonchev–Trinajstić information content (AvgIpc) is 2.50. The summed E-state index contributed by atoms with van der Waals surface area (Å²) in [6, 6.07) is 2.68. The lowest BCUT2D eigenvalue weighted by Gasteiger charge is -2.23. The Labute approximate surface area is 140 Å². The summed E-state index contributed by atoms with van der Waals surface area (Å²) in [5.41, 5.74) is -0.939. The van der Waals surface area contributed by atoms with Crippen LogP contribution in [0.5, 0.6) is 0 Å². The second kappa shape index (κ2) is 7.39. The normalized spacial score (nSPS) is 10.7. The third-order valence-corrected chi connectivity index (χ3v) is 3.55. The molecule has 0 radical (unpaired) electrons. The second-order valence-corrected chi connectivity index (χ2v) is 5.35. The number of carbonyl (C=O) groups is 1. The number of nitrogens with zero attached hydrogens (tertiary/aromatic N) is 3. The molecule has 0 aliphatic carbocycles. The highest BCUT2D eigenvalue weighted by Crippen LogP contribution is 2.22. The Morgan fingerprint density at radius 2 is 2.12 bits per heavy atom. The highest BCUT2D eigenvalue weighted by Gasteiger charge is 2.19. The summed E-state index contributed by atoms with van der Waals surface area (Å²) in [6.07, 6.45) is 1.81.